The first-order valence-corrected chi connectivity index (χ1v) is 4.09. The molecule has 0 aliphatic heterocycles. The summed E-state index contributed by atoms with van der Waals surface area (Å²) in [7, 11) is 0. The highest BCUT2D eigenvalue weighted by molar-refractivity contribution is 4.88. The topological polar surface area (TPSA) is 40.5 Å². The van der Waals surface area contributed by atoms with Gasteiger partial charge in [0.1, 0.15) is 0 Å². The summed E-state index contributed by atoms with van der Waals surface area (Å²) in [5.41, 5.74) is -0.766. The van der Waals surface area contributed by atoms with Gasteiger partial charge in [-0.2, -0.15) is 0 Å². The van der Waals surface area contributed by atoms with Crippen molar-refractivity contribution in [2.24, 2.45) is 0 Å². The van der Waals surface area contributed by atoms with E-state index in [-0.39, 0.29) is 0 Å². The number of hydrogen-bond donors (Lipinski definition) is 2. The average Bonchev–Trinajstić information content (AvgIpc) is 1.96. The largest absolute Gasteiger partial charge is 0.390 e. The summed E-state index contributed by atoms with van der Waals surface area (Å²) in [6, 6.07) is 0. The molecule has 2 nitrogen and oxygen atoms in total. The Balaban J connectivity index is 2.54. The van der Waals surface area contributed by atoms with Gasteiger partial charge in [0.15, 0.2) is 0 Å². The van der Waals surface area contributed by atoms with Crippen molar-refractivity contribution in [2.75, 3.05) is 0 Å². The summed E-state index contributed by atoms with van der Waals surface area (Å²) in [5, 5.41) is 19.1. The highest BCUT2D eigenvalue weighted by Gasteiger charge is 2.35. The van der Waals surface area contributed by atoms with E-state index >= 15 is 0 Å². The minimum absolute atomic E-state index is 0.480. The van der Waals surface area contributed by atoms with Crippen LogP contribution < -0.4 is 0 Å². The normalized spacial score (nSPS) is 41.7. The lowest BCUT2D eigenvalue weighted by atomic mass is 9.80. The second-order valence-electron chi connectivity index (χ2n) is 3.22. The fourth-order valence-corrected chi connectivity index (χ4v) is 1.62. The Hall–Kier alpha value is -0.0800. The van der Waals surface area contributed by atoms with Crippen LogP contribution in [0.4, 0.5) is 0 Å². The molecule has 0 bridgehead atoms. The van der Waals surface area contributed by atoms with Crippen LogP contribution in [0.3, 0.4) is 0 Å². The summed E-state index contributed by atoms with van der Waals surface area (Å²) in [6.45, 7) is 1.93. The molecule has 0 aromatic heterocycles. The summed E-state index contributed by atoms with van der Waals surface area (Å²) in [6.07, 6.45) is 3.85. The van der Waals surface area contributed by atoms with E-state index in [4.69, 9.17) is 0 Å². The van der Waals surface area contributed by atoms with E-state index in [0.717, 1.165) is 25.7 Å². The Bertz CT molecular complexity index is 114. The summed E-state index contributed by atoms with van der Waals surface area (Å²) in [4.78, 5) is 0. The van der Waals surface area contributed by atoms with E-state index in [0.29, 0.717) is 6.42 Å². The molecule has 10 heavy (non-hydrogen) atoms. The molecule has 60 valence electrons. The molecule has 2 heteroatoms. The Morgan fingerprint density at radius 3 is 2.60 bits per heavy atom. The fourth-order valence-electron chi connectivity index (χ4n) is 1.62. The molecule has 1 saturated carbocycles. The Morgan fingerprint density at radius 2 is 2.20 bits per heavy atom. The molecule has 1 aliphatic rings. The monoisotopic (exact) mass is 144 g/mol. The Kier molecular flexibility index (Phi) is 2.32. The zero-order chi connectivity index (χ0) is 7.61. The van der Waals surface area contributed by atoms with Crippen LogP contribution >= 0.6 is 0 Å². The summed E-state index contributed by atoms with van der Waals surface area (Å²) in [5.74, 6) is 0. The van der Waals surface area contributed by atoms with E-state index in [2.05, 4.69) is 0 Å². The third kappa shape index (κ3) is 1.32. The molecule has 2 N–H and O–H groups in total. The third-order valence-electron chi connectivity index (χ3n) is 2.57. The van der Waals surface area contributed by atoms with Crippen molar-refractivity contribution in [3.8, 4) is 0 Å². The molecule has 0 aromatic rings. The molecule has 1 fully saturated rings. The minimum atomic E-state index is -0.766. The quantitative estimate of drug-likeness (QED) is 0.577. The van der Waals surface area contributed by atoms with E-state index < -0.39 is 11.7 Å². The van der Waals surface area contributed by atoms with Gasteiger partial charge < -0.3 is 10.2 Å². The molecule has 0 spiro atoms. The van der Waals surface area contributed by atoms with Crippen LogP contribution in [-0.2, 0) is 0 Å². The van der Waals surface area contributed by atoms with Crippen molar-refractivity contribution in [2.45, 2.75) is 50.7 Å². The number of hydrogen-bond acceptors (Lipinski definition) is 2. The molecule has 0 amide bonds. The van der Waals surface area contributed by atoms with Crippen LogP contribution in [0.5, 0.6) is 0 Å². The first-order valence-electron chi connectivity index (χ1n) is 4.09. The summed E-state index contributed by atoms with van der Waals surface area (Å²) < 4.78 is 0. The van der Waals surface area contributed by atoms with Gasteiger partial charge in [-0.1, -0.05) is 19.8 Å². The molecular formula is C8H16O2. The van der Waals surface area contributed by atoms with Gasteiger partial charge in [0.05, 0.1) is 11.7 Å². The van der Waals surface area contributed by atoms with Crippen molar-refractivity contribution in [3.63, 3.8) is 0 Å². The molecule has 0 saturated heterocycles. The lowest BCUT2D eigenvalue weighted by molar-refractivity contribution is -0.101. The highest BCUT2D eigenvalue weighted by Crippen LogP contribution is 2.30. The van der Waals surface area contributed by atoms with Crippen molar-refractivity contribution in [1.29, 1.82) is 0 Å². The number of aliphatic hydroxyl groups excluding tert-OH is 1. The predicted molar refractivity (Wildman–Crippen MR) is 39.7 cm³/mol. The predicted octanol–water partition coefficient (Wildman–Crippen LogP) is 1.06. The maximum Gasteiger partial charge on any atom is 0.0902 e. The smallest absolute Gasteiger partial charge is 0.0902 e. The molecular weight excluding hydrogens is 128 g/mol. The number of aliphatic hydroxyl groups is 2. The van der Waals surface area contributed by atoms with E-state index in [1.165, 1.54) is 0 Å². The SMILES string of the molecule is CC[C@]1(O)CCCC[C@H]1O. The van der Waals surface area contributed by atoms with Crippen molar-refractivity contribution < 1.29 is 10.2 Å². The maximum atomic E-state index is 9.70. The van der Waals surface area contributed by atoms with Crippen LogP contribution in [0.25, 0.3) is 0 Å². The van der Waals surface area contributed by atoms with Gasteiger partial charge in [-0.05, 0) is 19.3 Å². The van der Waals surface area contributed by atoms with Crippen molar-refractivity contribution in [3.05, 3.63) is 0 Å². The van der Waals surface area contributed by atoms with E-state index in [9.17, 15) is 10.2 Å². The van der Waals surface area contributed by atoms with Gasteiger partial charge >= 0.3 is 0 Å². The van der Waals surface area contributed by atoms with Gasteiger partial charge in [0.2, 0.25) is 0 Å². The van der Waals surface area contributed by atoms with E-state index in [1.54, 1.807) is 0 Å². The Morgan fingerprint density at radius 1 is 1.50 bits per heavy atom. The highest BCUT2D eigenvalue weighted by atomic mass is 16.3. The van der Waals surface area contributed by atoms with Crippen LogP contribution in [0.1, 0.15) is 39.0 Å². The first kappa shape index (κ1) is 8.02. The molecule has 2 atom stereocenters. The Labute approximate surface area is 61.9 Å². The first-order chi connectivity index (χ1) is 4.69. The van der Waals surface area contributed by atoms with E-state index in [1.807, 2.05) is 6.92 Å². The van der Waals surface area contributed by atoms with Gasteiger partial charge in [0.25, 0.3) is 0 Å². The molecule has 1 rings (SSSR count). The van der Waals surface area contributed by atoms with Gasteiger partial charge in [-0.25, -0.2) is 0 Å². The lowest BCUT2D eigenvalue weighted by Crippen LogP contribution is -2.44. The van der Waals surface area contributed by atoms with Crippen molar-refractivity contribution >= 4 is 0 Å². The van der Waals surface area contributed by atoms with Crippen LogP contribution in [0.2, 0.25) is 0 Å². The maximum absolute atomic E-state index is 9.70. The molecule has 0 aromatic carbocycles. The summed E-state index contributed by atoms with van der Waals surface area (Å²) >= 11 is 0. The van der Waals surface area contributed by atoms with Gasteiger partial charge in [-0.15, -0.1) is 0 Å². The fraction of sp³-hybridized carbons (Fsp3) is 1.00. The lowest BCUT2D eigenvalue weighted by Gasteiger charge is -2.35. The second kappa shape index (κ2) is 2.89. The second-order valence-corrected chi connectivity index (χ2v) is 3.22. The average molecular weight is 144 g/mol. The van der Waals surface area contributed by atoms with Gasteiger partial charge in [0, 0.05) is 0 Å². The molecule has 0 radical (unpaired) electrons. The molecule has 1 aliphatic carbocycles. The zero-order valence-corrected chi connectivity index (χ0v) is 6.51. The van der Waals surface area contributed by atoms with Crippen LogP contribution in [-0.4, -0.2) is 21.9 Å². The van der Waals surface area contributed by atoms with Gasteiger partial charge in [-0.3, -0.25) is 0 Å². The third-order valence-corrected chi connectivity index (χ3v) is 2.57. The van der Waals surface area contributed by atoms with Crippen LogP contribution in [0, 0.1) is 0 Å². The van der Waals surface area contributed by atoms with Crippen molar-refractivity contribution in [1.82, 2.24) is 0 Å². The molecule has 0 unspecified atom stereocenters. The molecule has 0 heterocycles. The van der Waals surface area contributed by atoms with Crippen LogP contribution in [0.15, 0.2) is 0 Å². The number of rotatable bonds is 1. The standard InChI is InChI=1S/C8H16O2/c1-2-8(10)6-4-3-5-7(8)9/h7,9-10H,2-6H2,1H3/t7-,8+/m1/s1. The minimum Gasteiger partial charge on any atom is -0.390 e. The zero-order valence-electron chi connectivity index (χ0n) is 6.51.